The first kappa shape index (κ1) is 18.9. The number of amides is 1. The minimum atomic E-state index is -0.555. The number of non-ortho nitro benzene ring substituents is 1. The quantitative estimate of drug-likeness (QED) is 0.345. The molecule has 0 unspecified atom stereocenters. The normalized spacial score (nSPS) is 10.8. The molecule has 0 saturated heterocycles. The molecule has 2 aromatic carbocycles. The first-order chi connectivity index (χ1) is 12.5. The van der Waals surface area contributed by atoms with Crippen LogP contribution in [0.2, 0.25) is 0 Å². The molecule has 1 N–H and O–H groups in total. The molecule has 2 aromatic rings. The molecule has 6 nitrogen and oxygen atoms in total. The first-order valence-electron chi connectivity index (χ1n) is 8.30. The number of benzene rings is 2. The van der Waals surface area contributed by atoms with E-state index in [0.29, 0.717) is 11.3 Å². The van der Waals surface area contributed by atoms with Crippen LogP contribution in [0.5, 0.6) is 0 Å². The van der Waals surface area contributed by atoms with Gasteiger partial charge in [0.05, 0.1) is 4.92 Å². The van der Waals surface area contributed by atoms with Crippen LogP contribution in [0.4, 0.5) is 11.4 Å². The summed E-state index contributed by atoms with van der Waals surface area (Å²) in [4.78, 5) is 22.6. The van der Waals surface area contributed by atoms with Crippen molar-refractivity contribution in [1.29, 1.82) is 5.26 Å². The van der Waals surface area contributed by atoms with Crippen molar-refractivity contribution in [3.8, 4) is 6.07 Å². The Morgan fingerprint density at radius 3 is 2.62 bits per heavy atom. The number of carbonyl (C=O) groups excluding carboxylic acids is 1. The molecule has 0 saturated carbocycles. The Balaban J connectivity index is 2.12. The lowest BCUT2D eigenvalue weighted by atomic mass is 10.1. The number of hydrogen-bond acceptors (Lipinski definition) is 4. The van der Waals surface area contributed by atoms with Gasteiger partial charge >= 0.3 is 0 Å². The number of anilines is 1. The maximum absolute atomic E-state index is 12.3. The predicted octanol–water partition coefficient (Wildman–Crippen LogP) is 4.48. The summed E-state index contributed by atoms with van der Waals surface area (Å²) < 4.78 is 0. The van der Waals surface area contributed by atoms with E-state index < -0.39 is 10.8 Å². The molecular formula is C20H19N3O3. The SMILES string of the molecule is CCCCc1ccc(NC(=O)/C(C#N)=C/c2cccc([N+](=O)[O-])c2)cc1. The van der Waals surface area contributed by atoms with Gasteiger partial charge in [0.2, 0.25) is 0 Å². The number of nitriles is 1. The van der Waals surface area contributed by atoms with E-state index in [-0.39, 0.29) is 11.3 Å². The van der Waals surface area contributed by atoms with Crippen LogP contribution in [0.25, 0.3) is 6.08 Å². The predicted molar refractivity (Wildman–Crippen MR) is 100 cm³/mol. The summed E-state index contributed by atoms with van der Waals surface area (Å²) in [6, 6.07) is 15.1. The van der Waals surface area contributed by atoms with Crippen LogP contribution < -0.4 is 5.32 Å². The van der Waals surface area contributed by atoms with Crippen molar-refractivity contribution in [3.05, 3.63) is 75.3 Å². The molecule has 0 aliphatic carbocycles. The topological polar surface area (TPSA) is 96.0 Å². The smallest absolute Gasteiger partial charge is 0.270 e. The average molecular weight is 349 g/mol. The number of nitrogens with zero attached hydrogens (tertiary/aromatic N) is 2. The van der Waals surface area contributed by atoms with Gasteiger partial charge < -0.3 is 5.32 Å². The molecule has 0 aromatic heterocycles. The highest BCUT2D eigenvalue weighted by molar-refractivity contribution is 6.09. The van der Waals surface area contributed by atoms with Crippen molar-refractivity contribution in [2.24, 2.45) is 0 Å². The molecule has 0 aliphatic rings. The van der Waals surface area contributed by atoms with Gasteiger partial charge in [0.15, 0.2) is 0 Å². The lowest BCUT2D eigenvalue weighted by Gasteiger charge is -2.06. The van der Waals surface area contributed by atoms with Crippen LogP contribution in [0.1, 0.15) is 30.9 Å². The molecule has 0 aliphatic heterocycles. The zero-order valence-corrected chi connectivity index (χ0v) is 14.4. The van der Waals surface area contributed by atoms with Crippen molar-refractivity contribution >= 4 is 23.4 Å². The van der Waals surface area contributed by atoms with Crippen molar-refractivity contribution in [3.63, 3.8) is 0 Å². The standard InChI is InChI=1S/C20H19N3O3/c1-2-3-5-15-8-10-18(11-9-15)22-20(24)17(14-21)12-16-6-4-7-19(13-16)23(25)26/h4,6-13H,2-3,5H2,1H3,(H,22,24)/b17-12+. The lowest BCUT2D eigenvalue weighted by Crippen LogP contribution is -2.13. The summed E-state index contributed by atoms with van der Waals surface area (Å²) in [5, 5.41) is 22.7. The van der Waals surface area contributed by atoms with E-state index in [1.165, 1.54) is 29.8 Å². The second kappa shape index (κ2) is 9.14. The summed E-state index contributed by atoms with van der Waals surface area (Å²) >= 11 is 0. The summed E-state index contributed by atoms with van der Waals surface area (Å²) in [6.45, 7) is 2.13. The maximum atomic E-state index is 12.3. The summed E-state index contributed by atoms with van der Waals surface area (Å²) in [5.74, 6) is -0.555. The van der Waals surface area contributed by atoms with Gasteiger partial charge in [0, 0.05) is 17.8 Å². The molecule has 132 valence electrons. The first-order valence-corrected chi connectivity index (χ1v) is 8.30. The number of hydrogen-bond donors (Lipinski definition) is 1. The van der Waals surface area contributed by atoms with E-state index in [4.69, 9.17) is 0 Å². The zero-order valence-electron chi connectivity index (χ0n) is 14.4. The van der Waals surface area contributed by atoms with E-state index in [2.05, 4.69) is 12.2 Å². The maximum Gasteiger partial charge on any atom is 0.270 e. The fourth-order valence-electron chi connectivity index (χ4n) is 2.38. The van der Waals surface area contributed by atoms with Crippen LogP contribution in [-0.4, -0.2) is 10.8 Å². The lowest BCUT2D eigenvalue weighted by molar-refractivity contribution is -0.384. The molecule has 1 amide bonds. The van der Waals surface area contributed by atoms with Crippen LogP contribution in [-0.2, 0) is 11.2 Å². The molecule has 6 heteroatoms. The number of nitrogens with one attached hydrogen (secondary N) is 1. The second-order valence-corrected chi connectivity index (χ2v) is 5.78. The van der Waals surface area contributed by atoms with E-state index in [1.54, 1.807) is 18.2 Å². The fourth-order valence-corrected chi connectivity index (χ4v) is 2.38. The van der Waals surface area contributed by atoms with Gasteiger partial charge in [-0.2, -0.15) is 5.26 Å². The van der Waals surface area contributed by atoms with E-state index in [1.807, 2.05) is 18.2 Å². The average Bonchev–Trinajstić information content (AvgIpc) is 2.65. The molecule has 2 rings (SSSR count). The highest BCUT2D eigenvalue weighted by Gasteiger charge is 2.11. The van der Waals surface area contributed by atoms with Crippen LogP contribution in [0.15, 0.2) is 54.1 Å². The largest absolute Gasteiger partial charge is 0.321 e. The molecule has 0 atom stereocenters. The molecule has 0 radical (unpaired) electrons. The van der Waals surface area contributed by atoms with Crippen molar-refractivity contribution in [2.75, 3.05) is 5.32 Å². The molecule has 0 fully saturated rings. The Morgan fingerprint density at radius 1 is 1.27 bits per heavy atom. The Bertz CT molecular complexity index is 865. The minimum absolute atomic E-state index is 0.0980. The van der Waals surface area contributed by atoms with Gasteiger partial charge in [-0.05, 0) is 42.2 Å². The molecule has 0 heterocycles. The van der Waals surface area contributed by atoms with Crippen LogP contribution in [0, 0.1) is 21.4 Å². The molecule has 26 heavy (non-hydrogen) atoms. The Morgan fingerprint density at radius 2 is 2.00 bits per heavy atom. The highest BCUT2D eigenvalue weighted by Crippen LogP contribution is 2.17. The van der Waals surface area contributed by atoms with Gasteiger partial charge in [0.25, 0.3) is 11.6 Å². The number of nitro benzene ring substituents is 1. The van der Waals surface area contributed by atoms with E-state index >= 15 is 0 Å². The van der Waals surface area contributed by atoms with Crippen molar-refractivity contribution < 1.29 is 9.72 Å². The Labute approximate surface area is 151 Å². The van der Waals surface area contributed by atoms with Crippen LogP contribution >= 0.6 is 0 Å². The number of aryl methyl sites for hydroxylation is 1. The number of carbonyl (C=O) groups is 1. The summed E-state index contributed by atoms with van der Waals surface area (Å²) in [7, 11) is 0. The van der Waals surface area contributed by atoms with Crippen LogP contribution in [0.3, 0.4) is 0 Å². The Kier molecular flexibility index (Phi) is 6.63. The fraction of sp³-hybridized carbons (Fsp3) is 0.200. The number of nitro groups is 1. The second-order valence-electron chi connectivity index (χ2n) is 5.78. The van der Waals surface area contributed by atoms with E-state index in [9.17, 15) is 20.2 Å². The van der Waals surface area contributed by atoms with Gasteiger partial charge in [-0.15, -0.1) is 0 Å². The third-order valence-corrected chi connectivity index (χ3v) is 3.79. The molecular weight excluding hydrogens is 330 g/mol. The summed E-state index contributed by atoms with van der Waals surface area (Å²) in [6.07, 6.45) is 4.54. The molecule has 0 spiro atoms. The van der Waals surface area contributed by atoms with Gasteiger partial charge in [-0.3, -0.25) is 14.9 Å². The third kappa shape index (κ3) is 5.28. The summed E-state index contributed by atoms with van der Waals surface area (Å²) in [5.41, 5.74) is 1.98. The Hall–Kier alpha value is -3.46. The minimum Gasteiger partial charge on any atom is -0.321 e. The highest BCUT2D eigenvalue weighted by atomic mass is 16.6. The van der Waals surface area contributed by atoms with Crippen molar-refractivity contribution in [2.45, 2.75) is 26.2 Å². The number of unbranched alkanes of at least 4 members (excludes halogenated alkanes) is 1. The van der Waals surface area contributed by atoms with E-state index in [0.717, 1.165) is 19.3 Å². The van der Waals surface area contributed by atoms with Gasteiger partial charge in [-0.25, -0.2) is 0 Å². The van der Waals surface area contributed by atoms with Crippen molar-refractivity contribution in [1.82, 2.24) is 0 Å². The number of rotatable bonds is 7. The zero-order chi connectivity index (χ0) is 18.9. The molecule has 0 bridgehead atoms. The van der Waals surface area contributed by atoms with Gasteiger partial charge in [-0.1, -0.05) is 37.6 Å². The monoisotopic (exact) mass is 349 g/mol. The third-order valence-electron chi connectivity index (χ3n) is 3.79. The van der Waals surface area contributed by atoms with Gasteiger partial charge in [0.1, 0.15) is 11.6 Å².